The number of dihydropyridines is 1. The number of benzene rings is 2. The Morgan fingerprint density at radius 2 is 1.78 bits per heavy atom. The number of nitrogens with zero attached hydrogens (tertiary/aromatic N) is 1. The lowest BCUT2D eigenvalue weighted by Crippen LogP contribution is -2.29. The first-order chi connectivity index (χ1) is 21.9. The topological polar surface area (TPSA) is 98.3 Å². The number of aliphatic hydroxyl groups excluding tert-OH is 1. The Hall–Kier alpha value is -3.55. The molecule has 0 radical (unpaired) electrons. The molecule has 0 spiro atoms. The molecule has 1 fully saturated rings. The Morgan fingerprint density at radius 3 is 2.60 bits per heavy atom. The van der Waals surface area contributed by atoms with Crippen LogP contribution < -0.4 is 5.63 Å². The number of aryl methyl sites for hydroxylation is 3. The molecular formula is C38H45NO6. The number of carbonyl (C=O) groups is 1. The van der Waals surface area contributed by atoms with E-state index in [1.54, 1.807) is 0 Å². The number of allylic oxidation sites excluding steroid dienone is 1. The van der Waals surface area contributed by atoms with Crippen LogP contribution in [0.25, 0.3) is 22.1 Å². The number of ether oxygens (including phenoxy) is 2. The number of hydrogen-bond acceptors (Lipinski definition) is 7. The summed E-state index contributed by atoms with van der Waals surface area (Å²) in [5.74, 6) is -0.0292. The van der Waals surface area contributed by atoms with Gasteiger partial charge in [-0.2, -0.15) is 0 Å². The second kappa shape index (κ2) is 14.3. The molecule has 2 aliphatic carbocycles. The summed E-state index contributed by atoms with van der Waals surface area (Å²) in [4.78, 5) is 31.1. The summed E-state index contributed by atoms with van der Waals surface area (Å²) in [5, 5.41) is 9.86. The van der Waals surface area contributed by atoms with Gasteiger partial charge in [-0.3, -0.25) is 9.79 Å². The molecule has 45 heavy (non-hydrogen) atoms. The fourth-order valence-electron chi connectivity index (χ4n) is 7.48. The van der Waals surface area contributed by atoms with Gasteiger partial charge >= 0.3 is 11.6 Å². The molecule has 1 aromatic heterocycles. The van der Waals surface area contributed by atoms with Gasteiger partial charge in [0, 0.05) is 30.0 Å². The number of aliphatic imine (C=N–C) groups is 1. The minimum absolute atomic E-state index is 0.0147. The van der Waals surface area contributed by atoms with Gasteiger partial charge < -0.3 is 19.0 Å². The second-order valence-corrected chi connectivity index (χ2v) is 12.9. The molecule has 1 saturated carbocycles. The fraction of sp³-hybridized carbons (Fsp3) is 0.500. The highest BCUT2D eigenvalue weighted by atomic mass is 16.5. The summed E-state index contributed by atoms with van der Waals surface area (Å²) < 4.78 is 17.1. The molecule has 2 aromatic carbocycles. The van der Waals surface area contributed by atoms with E-state index >= 15 is 0 Å². The first kappa shape index (κ1) is 31.4. The van der Waals surface area contributed by atoms with Gasteiger partial charge in [-0.05, 0) is 124 Å². The quantitative estimate of drug-likeness (QED) is 0.121. The Morgan fingerprint density at radius 1 is 0.978 bits per heavy atom. The van der Waals surface area contributed by atoms with E-state index in [0.29, 0.717) is 37.1 Å². The third kappa shape index (κ3) is 7.00. The minimum Gasteiger partial charge on any atom is -0.462 e. The van der Waals surface area contributed by atoms with Crippen LogP contribution in [-0.4, -0.2) is 49.3 Å². The first-order valence-corrected chi connectivity index (χ1v) is 16.7. The van der Waals surface area contributed by atoms with E-state index in [9.17, 15) is 9.59 Å². The molecule has 7 nitrogen and oxygen atoms in total. The van der Waals surface area contributed by atoms with Crippen molar-refractivity contribution >= 4 is 22.7 Å². The average Bonchev–Trinajstić information content (AvgIpc) is 3.02. The molecule has 3 aromatic rings. The van der Waals surface area contributed by atoms with Gasteiger partial charge in [-0.25, -0.2) is 4.79 Å². The fourth-order valence-corrected chi connectivity index (χ4v) is 7.48. The standard InChI is InChI=1S/C38H45NO6/c1-24-23-39-37(32-16-15-30(12-6-13-31(24)32)44-35(41)14-7-18-43-19-17-40)29-11-5-10-28(20-29)36-25(2)33-21-26-8-3-4-9-27(26)22-34(33)45-38(36)42/h5,10-11,20-22,30,32,40H,3-4,6-9,12-19,23H2,1-2H3. The van der Waals surface area contributed by atoms with E-state index in [1.807, 2.05) is 19.1 Å². The van der Waals surface area contributed by atoms with Gasteiger partial charge in [-0.1, -0.05) is 29.3 Å². The van der Waals surface area contributed by atoms with Gasteiger partial charge in [0.25, 0.3) is 0 Å². The lowest BCUT2D eigenvalue weighted by Gasteiger charge is -2.32. The highest BCUT2D eigenvalue weighted by Crippen LogP contribution is 2.37. The summed E-state index contributed by atoms with van der Waals surface area (Å²) in [6, 6.07) is 12.5. The summed E-state index contributed by atoms with van der Waals surface area (Å²) in [6.45, 7) is 5.63. The smallest absolute Gasteiger partial charge is 0.344 e. The summed E-state index contributed by atoms with van der Waals surface area (Å²) >= 11 is 0. The SMILES string of the molecule is CC1=C2CCCC(OC(=O)CCCOCCO)CCC2C(c2cccc(-c3c(C)c4cc5c(cc4oc3=O)CCCC5)c2)=NC1. The number of fused-ring (bicyclic) bond motifs is 3. The highest BCUT2D eigenvalue weighted by molar-refractivity contribution is 6.05. The molecule has 3 aliphatic rings. The normalized spacial score (nSPS) is 20.2. The molecule has 0 bridgehead atoms. The van der Waals surface area contributed by atoms with Crippen molar-refractivity contribution in [2.45, 2.75) is 90.6 Å². The van der Waals surface area contributed by atoms with Crippen LogP contribution in [0.2, 0.25) is 0 Å². The number of hydrogen-bond donors (Lipinski definition) is 1. The highest BCUT2D eigenvalue weighted by Gasteiger charge is 2.31. The van der Waals surface area contributed by atoms with Gasteiger partial charge in [0.1, 0.15) is 11.7 Å². The summed E-state index contributed by atoms with van der Waals surface area (Å²) in [6.07, 6.45) is 9.74. The van der Waals surface area contributed by atoms with Crippen molar-refractivity contribution in [1.82, 2.24) is 0 Å². The summed E-state index contributed by atoms with van der Waals surface area (Å²) in [5.41, 5.74) is 10.4. The van der Waals surface area contributed by atoms with E-state index in [4.69, 9.17) is 24.0 Å². The zero-order valence-corrected chi connectivity index (χ0v) is 26.7. The Balaban J connectivity index is 1.23. The van der Waals surface area contributed by atoms with E-state index in [1.165, 1.54) is 35.1 Å². The molecule has 6 rings (SSSR count). The Kier molecular flexibility index (Phi) is 9.96. The number of carbonyl (C=O) groups excluding carboxylic acids is 1. The van der Waals surface area contributed by atoms with Crippen molar-refractivity contribution in [2.75, 3.05) is 26.4 Å². The van der Waals surface area contributed by atoms with Crippen LogP contribution in [0.1, 0.15) is 87.0 Å². The molecule has 238 valence electrons. The third-order valence-corrected chi connectivity index (χ3v) is 9.82. The second-order valence-electron chi connectivity index (χ2n) is 12.9. The van der Waals surface area contributed by atoms with Crippen LogP contribution in [0.4, 0.5) is 0 Å². The molecule has 1 aliphatic heterocycles. The van der Waals surface area contributed by atoms with Crippen LogP contribution in [0.3, 0.4) is 0 Å². The Labute approximate surface area is 265 Å². The van der Waals surface area contributed by atoms with Crippen LogP contribution in [0.15, 0.2) is 61.7 Å². The molecule has 2 unspecified atom stereocenters. The molecule has 0 saturated heterocycles. The maximum Gasteiger partial charge on any atom is 0.344 e. The van der Waals surface area contributed by atoms with E-state index in [0.717, 1.165) is 72.7 Å². The van der Waals surface area contributed by atoms with Crippen LogP contribution in [-0.2, 0) is 27.1 Å². The van der Waals surface area contributed by atoms with Crippen molar-refractivity contribution in [3.63, 3.8) is 0 Å². The van der Waals surface area contributed by atoms with Crippen molar-refractivity contribution in [1.29, 1.82) is 0 Å². The minimum atomic E-state index is -0.300. The molecule has 1 N–H and O–H groups in total. The zero-order valence-electron chi connectivity index (χ0n) is 26.7. The van der Waals surface area contributed by atoms with E-state index < -0.39 is 0 Å². The lowest BCUT2D eigenvalue weighted by molar-refractivity contribution is -0.150. The largest absolute Gasteiger partial charge is 0.462 e. The van der Waals surface area contributed by atoms with Crippen molar-refractivity contribution < 1.29 is 23.8 Å². The van der Waals surface area contributed by atoms with Gasteiger partial charge in [0.2, 0.25) is 0 Å². The number of rotatable bonds is 9. The first-order valence-electron chi connectivity index (χ1n) is 16.7. The number of esters is 1. The Bertz CT molecular complexity index is 1680. The number of aliphatic hydroxyl groups is 1. The van der Waals surface area contributed by atoms with Crippen molar-refractivity contribution in [2.24, 2.45) is 10.9 Å². The molecular weight excluding hydrogens is 566 g/mol. The van der Waals surface area contributed by atoms with Crippen LogP contribution in [0.5, 0.6) is 0 Å². The maximum atomic E-state index is 13.4. The zero-order chi connectivity index (χ0) is 31.3. The summed E-state index contributed by atoms with van der Waals surface area (Å²) in [7, 11) is 0. The van der Waals surface area contributed by atoms with Gasteiger partial charge in [0.15, 0.2) is 0 Å². The van der Waals surface area contributed by atoms with Crippen molar-refractivity contribution in [3.8, 4) is 11.1 Å². The monoisotopic (exact) mass is 611 g/mol. The van der Waals surface area contributed by atoms with Crippen molar-refractivity contribution in [3.05, 3.63) is 80.2 Å². The molecule has 2 heterocycles. The molecule has 2 atom stereocenters. The van der Waals surface area contributed by atoms with Crippen LogP contribution in [0, 0.1) is 12.8 Å². The lowest BCUT2D eigenvalue weighted by atomic mass is 9.77. The maximum absolute atomic E-state index is 13.4. The predicted molar refractivity (Wildman–Crippen MR) is 177 cm³/mol. The van der Waals surface area contributed by atoms with Gasteiger partial charge in [-0.15, -0.1) is 0 Å². The van der Waals surface area contributed by atoms with Crippen LogP contribution >= 0.6 is 0 Å². The third-order valence-electron chi connectivity index (χ3n) is 9.82. The average molecular weight is 612 g/mol. The van der Waals surface area contributed by atoms with E-state index in [-0.39, 0.29) is 36.8 Å². The predicted octanol–water partition coefficient (Wildman–Crippen LogP) is 7.05. The van der Waals surface area contributed by atoms with E-state index in [2.05, 4.69) is 31.2 Å². The molecule has 0 amide bonds. The van der Waals surface area contributed by atoms with Gasteiger partial charge in [0.05, 0.1) is 25.3 Å². The molecule has 7 heteroatoms.